The molecule has 12 aromatic rings. The molecule has 1 aromatic heterocycles. The number of aromatic nitrogens is 3. The average Bonchev–Trinajstić information content (AvgIpc) is 3.61. The summed E-state index contributed by atoms with van der Waals surface area (Å²) in [5.41, 5.74) is 23.1. The number of anilines is 6. The first-order valence-electron chi connectivity index (χ1n) is 26.0. The number of hydrogen-bond donors (Lipinski definition) is 0. The zero-order valence-corrected chi connectivity index (χ0v) is 43.0. The van der Waals surface area contributed by atoms with Crippen LogP contribution >= 0.6 is 23.5 Å². The van der Waals surface area contributed by atoms with Crippen molar-refractivity contribution in [3.05, 3.63) is 255 Å². The Balaban J connectivity index is 1.02. The zero-order chi connectivity index (χ0) is 50.6. The average molecular weight is 1020 g/mol. The molecule has 0 amide bonds. The minimum absolute atomic E-state index is 0.133. The third-order valence-corrected chi connectivity index (χ3v) is 17.6. The third kappa shape index (κ3) is 7.24. The second-order valence-corrected chi connectivity index (χ2v) is 22.1. The normalized spacial score (nSPS) is 13.0. The van der Waals surface area contributed by atoms with Crippen LogP contribution in [0.5, 0.6) is 0 Å². The van der Waals surface area contributed by atoms with E-state index in [1.807, 2.05) is 59.9 Å². The lowest BCUT2D eigenvalue weighted by Crippen LogP contribution is -2.62. The summed E-state index contributed by atoms with van der Waals surface area (Å²) in [4.78, 5) is 26.0. The van der Waals surface area contributed by atoms with Gasteiger partial charge in [-0.1, -0.05) is 230 Å². The molecule has 11 aromatic carbocycles. The van der Waals surface area contributed by atoms with Gasteiger partial charge in [-0.15, -0.1) is 0 Å². The second kappa shape index (κ2) is 17.7. The Kier molecular flexibility index (Phi) is 10.1. The molecule has 0 unspecified atom stereocenters. The maximum absolute atomic E-state index is 5.42. The largest absolute Gasteiger partial charge is 0.309 e. The van der Waals surface area contributed by atoms with E-state index in [0.717, 1.165) is 39.4 Å². The van der Waals surface area contributed by atoms with Gasteiger partial charge in [-0.2, -0.15) is 0 Å². The molecule has 0 N–H and O–H groups in total. The summed E-state index contributed by atoms with van der Waals surface area (Å²) < 4.78 is 0. The van der Waals surface area contributed by atoms with Gasteiger partial charge < -0.3 is 9.80 Å². The van der Waals surface area contributed by atoms with Crippen molar-refractivity contribution in [3.63, 3.8) is 0 Å². The molecule has 0 saturated carbocycles. The van der Waals surface area contributed by atoms with Crippen molar-refractivity contribution in [2.45, 2.75) is 19.6 Å². The van der Waals surface area contributed by atoms with Crippen LogP contribution in [0.25, 0.3) is 78.7 Å². The van der Waals surface area contributed by atoms with Gasteiger partial charge in [0.15, 0.2) is 17.5 Å². The lowest BCUT2D eigenvalue weighted by Gasteiger charge is -2.48. The highest BCUT2D eigenvalue weighted by Crippen LogP contribution is 2.59. The van der Waals surface area contributed by atoms with E-state index in [0.29, 0.717) is 17.5 Å². The van der Waals surface area contributed by atoms with E-state index < -0.39 is 0 Å². The summed E-state index contributed by atoms with van der Waals surface area (Å²) in [6, 6.07) is 92.5. The monoisotopic (exact) mass is 1020 g/mol. The molecular formula is C69H42BN5S2. The van der Waals surface area contributed by atoms with Crippen LogP contribution in [0.4, 0.5) is 34.1 Å². The van der Waals surface area contributed by atoms with Crippen LogP contribution in [0.2, 0.25) is 0 Å². The molecule has 0 fully saturated rings. The summed E-state index contributed by atoms with van der Waals surface area (Å²) in [5, 5.41) is 0. The van der Waals surface area contributed by atoms with Gasteiger partial charge in [-0.05, 0) is 109 Å². The number of rotatable bonds is 7. The third-order valence-electron chi connectivity index (χ3n) is 15.4. The van der Waals surface area contributed by atoms with Gasteiger partial charge in [0, 0.05) is 47.6 Å². The van der Waals surface area contributed by atoms with Crippen molar-refractivity contribution in [1.29, 1.82) is 0 Å². The summed E-state index contributed by atoms with van der Waals surface area (Å²) >= 11 is 3.76. The van der Waals surface area contributed by atoms with E-state index in [1.165, 1.54) is 91.9 Å². The van der Waals surface area contributed by atoms with Crippen molar-refractivity contribution in [2.75, 3.05) is 9.80 Å². The Hall–Kier alpha value is -9.21. The summed E-state index contributed by atoms with van der Waals surface area (Å²) in [6.07, 6.45) is 0. The number of fused-ring (bicyclic) bond motifs is 8. The molecule has 0 bridgehead atoms. The van der Waals surface area contributed by atoms with Crippen molar-refractivity contribution < 1.29 is 0 Å². The summed E-state index contributed by atoms with van der Waals surface area (Å²) in [7, 11) is 0. The van der Waals surface area contributed by atoms with Gasteiger partial charge in [-0.25, -0.2) is 15.0 Å². The first-order chi connectivity index (χ1) is 38.1. The van der Waals surface area contributed by atoms with Crippen molar-refractivity contribution in [3.8, 4) is 78.7 Å². The van der Waals surface area contributed by atoms with Crippen molar-refractivity contribution >= 4 is 80.7 Å². The maximum Gasteiger partial charge on any atom is 0.252 e. The first-order valence-corrected chi connectivity index (χ1v) is 27.7. The molecule has 358 valence electrons. The predicted molar refractivity (Wildman–Crippen MR) is 320 cm³/mol. The van der Waals surface area contributed by atoms with Gasteiger partial charge in [0.2, 0.25) is 0 Å². The molecular weight excluding hydrogens is 974 g/mol. The van der Waals surface area contributed by atoms with E-state index in [2.05, 4.69) is 228 Å². The smallest absolute Gasteiger partial charge is 0.252 e. The van der Waals surface area contributed by atoms with E-state index >= 15 is 0 Å². The highest BCUT2D eigenvalue weighted by molar-refractivity contribution is 8.00. The lowest BCUT2D eigenvalue weighted by molar-refractivity contribution is 1.07. The first kappa shape index (κ1) is 44.1. The molecule has 8 heteroatoms. The van der Waals surface area contributed by atoms with E-state index in [1.54, 1.807) is 0 Å². The molecule has 5 heterocycles. The fourth-order valence-corrected chi connectivity index (χ4v) is 14.3. The molecule has 0 saturated heterocycles. The van der Waals surface area contributed by atoms with Crippen molar-refractivity contribution in [1.82, 2.24) is 15.0 Å². The summed E-state index contributed by atoms with van der Waals surface area (Å²) in [5.74, 6) is 1.87. The Bertz CT molecular complexity index is 4060. The molecule has 0 radical (unpaired) electrons. The van der Waals surface area contributed by atoms with Crippen LogP contribution in [-0.2, 0) is 0 Å². The standard InChI is InChI=1S/C69H42BN5S2/c1-7-19-43(20-8-1)49-31-33-56-60(39-49)76-62-41-51(45-23-11-3-12-24-45)35-54-65(62)74(56)58-37-53(69-72-67(47-27-15-5-16-28-47)71-68(73-69)48-29-17-6-18-30-48)38-59-64(58)70(54)55-36-52(46-25-13-4-14-26-46)42-63-66(55)75(59)57-34-32-50(40-61(57)77-63)44-21-9-2-10-22-44/h1-42H. The zero-order valence-electron chi connectivity index (χ0n) is 41.4. The van der Waals surface area contributed by atoms with Crippen LogP contribution in [0, 0.1) is 0 Å². The fraction of sp³-hybridized carbons (Fsp3) is 0. The SMILES string of the molecule is c1ccc(-c2ccc3c(c2)Sc2cc(-c4ccccc4)cc4c2N3c2cc(-c3nc(-c5ccccc5)nc(-c5ccccc5)n3)cc3c2B4c2cc(-c4ccccc4)cc4c2N3c2ccc(-c3ccccc3)cc2S4)cc1. The van der Waals surface area contributed by atoms with E-state index in [4.69, 9.17) is 15.0 Å². The summed E-state index contributed by atoms with van der Waals surface area (Å²) in [6.45, 7) is -0.133. The van der Waals surface area contributed by atoms with Gasteiger partial charge in [0.05, 0.1) is 22.7 Å². The minimum Gasteiger partial charge on any atom is -0.309 e. The van der Waals surface area contributed by atoms with Crippen LogP contribution < -0.4 is 26.2 Å². The molecule has 0 atom stereocenters. The Morgan fingerprint density at radius 1 is 0.260 bits per heavy atom. The topological polar surface area (TPSA) is 45.2 Å². The lowest BCUT2D eigenvalue weighted by atomic mass is 9.33. The molecule has 4 aliphatic rings. The highest BCUT2D eigenvalue weighted by atomic mass is 32.2. The van der Waals surface area contributed by atoms with Gasteiger partial charge in [-0.3, -0.25) is 0 Å². The fourth-order valence-electron chi connectivity index (χ4n) is 11.9. The highest BCUT2D eigenvalue weighted by Gasteiger charge is 2.48. The van der Waals surface area contributed by atoms with E-state index in [9.17, 15) is 0 Å². The van der Waals surface area contributed by atoms with Crippen LogP contribution in [0.3, 0.4) is 0 Å². The van der Waals surface area contributed by atoms with Crippen LogP contribution in [0.15, 0.2) is 274 Å². The Morgan fingerprint density at radius 2 is 0.584 bits per heavy atom. The molecule has 5 nitrogen and oxygen atoms in total. The van der Waals surface area contributed by atoms with Gasteiger partial charge >= 0.3 is 0 Å². The second-order valence-electron chi connectivity index (χ2n) is 19.9. The van der Waals surface area contributed by atoms with Gasteiger partial charge in [0.25, 0.3) is 6.71 Å². The predicted octanol–water partition coefficient (Wildman–Crippen LogP) is 16.6. The van der Waals surface area contributed by atoms with E-state index in [-0.39, 0.29) is 6.71 Å². The molecule has 0 spiro atoms. The minimum atomic E-state index is -0.133. The van der Waals surface area contributed by atoms with Crippen LogP contribution in [0.1, 0.15) is 0 Å². The maximum atomic E-state index is 5.42. The number of hydrogen-bond acceptors (Lipinski definition) is 7. The molecule has 0 aliphatic carbocycles. The molecule has 4 aliphatic heterocycles. The quantitative estimate of drug-likeness (QED) is 0.147. The molecule has 77 heavy (non-hydrogen) atoms. The molecule has 16 rings (SSSR count). The van der Waals surface area contributed by atoms with Gasteiger partial charge in [0.1, 0.15) is 0 Å². The van der Waals surface area contributed by atoms with Crippen molar-refractivity contribution in [2.24, 2.45) is 0 Å². The Morgan fingerprint density at radius 3 is 0.961 bits per heavy atom. The van der Waals surface area contributed by atoms with Crippen LogP contribution in [-0.4, -0.2) is 21.7 Å². The number of nitrogens with zero attached hydrogens (tertiary/aromatic N) is 5. The number of benzene rings is 11. The Labute approximate surface area is 455 Å².